The first-order valence-electron chi connectivity index (χ1n) is 19.5. The Hall–Kier alpha value is -7.93. The third-order valence-corrected chi connectivity index (χ3v) is 11.2. The van der Waals surface area contributed by atoms with E-state index in [9.17, 15) is 0 Å². The second kappa shape index (κ2) is 14.0. The van der Waals surface area contributed by atoms with Gasteiger partial charge in [0.15, 0.2) is 5.82 Å². The molecule has 8 aromatic carbocycles. The zero-order valence-corrected chi connectivity index (χ0v) is 31.4. The van der Waals surface area contributed by atoms with Gasteiger partial charge in [-0.15, -0.1) is 0 Å². The van der Waals surface area contributed by atoms with Gasteiger partial charge in [-0.25, -0.2) is 9.97 Å². The van der Waals surface area contributed by atoms with Crippen LogP contribution in [0.2, 0.25) is 0 Å². The number of rotatable bonds is 6. The van der Waals surface area contributed by atoms with Gasteiger partial charge >= 0.3 is 0 Å². The van der Waals surface area contributed by atoms with Gasteiger partial charge in [-0.05, 0) is 125 Å². The third-order valence-electron chi connectivity index (χ3n) is 11.2. The summed E-state index contributed by atoms with van der Waals surface area (Å²) < 4.78 is 0. The van der Waals surface area contributed by atoms with Crippen LogP contribution in [0.25, 0.3) is 112 Å². The highest BCUT2D eigenvalue weighted by molar-refractivity contribution is 6.16. The Morgan fingerprint density at radius 1 is 0.328 bits per heavy atom. The zero-order valence-electron chi connectivity index (χ0n) is 31.4. The molecule has 0 fully saturated rings. The van der Waals surface area contributed by atoms with E-state index in [1.165, 1.54) is 49.0 Å². The van der Waals surface area contributed by atoms with Crippen molar-refractivity contribution in [1.82, 2.24) is 15.0 Å². The number of pyridine rings is 1. The van der Waals surface area contributed by atoms with Crippen LogP contribution in [0.1, 0.15) is 11.1 Å². The summed E-state index contributed by atoms with van der Waals surface area (Å²) in [5.74, 6) is 0.672. The molecule has 0 radical (unpaired) electrons. The molecule has 0 bridgehead atoms. The van der Waals surface area contributed by atoms with Gasteiger partial charge in [-0.2, -0.15) is 0 Å². The molecular weight excluding hydrogens is 703 g/mol. The fourth-order valence-electron chi connectivity index (χ4n) is 8.27. The minimum atomic E-state index is 0.672. The summed E-state index contributed by atoms with van der Waals surface area (Å²) in [4.78, 5) is 14.9. The van der Waals surface area contributed by atoms with Crippen LogP contribution in [0.15, 0.2) is 200 Å². The molecule has 2 heterocycles. The first kappa shape index (κ1) is 33.4. The minimum absolute atomic E-state index is 0.672. The molecular formula is C55H33N3. The lowest BCUT2D eigenvalue weighted by molar-refractivity contribution is 1.18. The number of nitrogens with zero attached hydrogens (tertiary/aromatic N) is 3. The molecule has 3 heteroatoms. The second-order valence-corrected chi connectivity index (χ2v) is 14.7. The predicted molar refractivity (Wildman–Crippen MR) is 241 cm³/mol. The summed E-state index contributed by atoms with van der Waals surface area (Å²) in [6.07, 6.45) is 7.79. The van der Waals surface area contributed by atoms with Gasteiger partial charge in [0.1, 0.15) is 0 Å². The van der Waals surface area contributed by atoms with Gasteiger partial charge < -0.3 is 0 Å². The lowest BCUT2D eigenvalue weighted by atomic mass is 9.89. The van der Waals surface area contributed by atoms with Crippen molar-refractivity contribution < 1.29 is 0 Å². The summed E-state index contributed by atoms with van der Waals surface area (Å²) in [5.41, 5.74) is 20.2. The van der Waals surface area contributed by atoms with Crippen molar-refractivity contribution in [3.63, 3.8) is 0 Å². The van der Waals surface area contributed by atoms with Crippen molar-refractivity contribution in [2.24, 2.45) is 0 Å². The standard InChI is InChI=1S/C55H33N3/c1-2-11-39-30-42(26-23-36(39)10-1)40-12-7-14-44(31-40)54-34-53(38-24-21-37(22-25-38)46-16-9-29-56-35-46)57-55(58-54)45-15-8-13-41(32-45)43-27-28-51-49-19-4-3-17-47(49)48-18-5-6-20-50(48)52(51)33-43/h1-2,5-35H. The number of aromatic nitrogens is 3. The zero-order chi connectivity index (χ0) is 38.4. The van der Waals surface area contributed by atoms with E-state index in [1.807, 2.05) is 18.3 Å². The van der Waals surface area contributed by atoms with Gasteiger partial charge in [0, 0.05) is 29.1 Å². The summed E-state index contributed by atoms with van der Waals surface area (Å²) in [6.45, 7) is 0. The summed E-state index contributed by atoms with van der Waals surface area (Å²) in [7, 11) is 0. The van der Waals surface area contributed by atoms with Crippen LogP contribution in [0.4, 0.5) is 0 Å². The van der Waals surface area contributed by atoms with Crippen molar-refractivity contribution in [2.45, 2.75) is 0 Å². The molecule has 1 aliphatic rings. The summed E-state index contributed by atoms with van der Waals surface area (Å²) in [5, 5.41) is 7.32. The predicted octanol–water partition coefficient (Wildman–Crippen LogP) is 14.1. The molecule has 0 unspecified atom stereocenters. The first-order chi connectivity index (χ1) is 28.7. The summed E-state index contributed by atoms with van der Waals surface area (Å²) in [6, 6.07) is 62.5. The number of benzene rings is 8. The number of hydrogen-bond donors (Lipinski definition) is 0. The Morgan fingerprint density at radius 3 is 1.67 bits per heavy atom. The van der Waals surface area contributed by atoms with E-state index in [2.05, 4.69) is 192 Å². The number of hydrogen-bond acceptors (Lipinski definition) is 3. The van der Waals surface area contributed by atoms with Gasteiger partial charge in [0.2, 0.25) is 0 Å². The first-order valence-corrected chi connectivity index (χ1v) is 19.5. The van der Waals surface area contributed by atoms with Crippen LogP contribution >= 0.6 is 0 Å². The van der Waals surface area contributed by atoms with Crippen molar-refractivity contribution >= 4 is 44.5 Å². The van der Waals surface area contributed by atoms with Crippen LogP contribution in [-0.2, 0) is 0 Å². The van der Waals surface area contributed by atoms with E-state index < -0.39 is 0 Å². The monoisotopic (exact) mass is 735 g/mol. The molecule has 0 aliphatic heterocycles. The van der Waals surface area contributed by atoms with E-state index in [0.717, 1.165) is 55.9 Å². The van der Waals surface area contributed by atoms with Crippen LogP contribution in [-0.4, -0.2) is 15.0 Å². The van der Waals surface area contributed by atoms with Gasteiger partial charge in [0.25, 0.3) is 0 Å². The largest absolute Gasteiger partial charge is 0.264 e. The Balaban J connectivity index is 1.03. The molecule has 0 saturated carbocycles. The lowest BCUT2D eigenvalue weighted by Gasteiger charge is -2.15. The Labute approximate surface area is 336 Å². The molecule has 0 spiro atoms. The maximum Gasteiger partial charge on any atom is 0.160 e. The Kier molecular flexibility index (Phi) is 8.05. The van der Waals surface area contributed by atoms with Gasteiger partial charge in [0.05, 0.1) is 11.4 Å². The highest BCUT2D eigenvalue weighted by atomic mass is 14.9. The molecule has 0 saturated heterocycles. The average Bonchev–Trinajstić information content (AvgIpc) is 3.31. The van der Waals surface area contributed by atoms with Crippen molar-refractivity contribution in [2.75, 3.05) is 0 Å². The molecule has 0 atom stereocenters. The molecule has 10 aromatic rings. The second-order valence-electron chi connectivity index (χ2n) is 14.7. The molecule has 3 nitrogen and oxygen atoms in total. The van der Waals surface area contributed by atoms with Crippen LogP contribution < -0.4 is 0 Å². The molecule has 1 aliphatic carbocycles. The maximum atomic E-state index is 5.28. The van der Waals surface area contributed by atoms with Crippen molar-refractivity contribution in [3.8, 4) is 67.3 Å². The van der Waals surface area contributed by atoms with Crippen molar-refractivity contribution in [3.05, 3.63) is 211 Å². The highest BCUT2D eigenvalue weighted by Gasteiger charge is 2.16. The molecule has 58 heavy (non-hydrogen) atoms. The Bertz CT molecular complexity index is 3350. The van der Waals surface area contributed by atoms with Crippen LogP contribution in [0, 0.1) is 0 Å². The van der Waals surface area contributed by atoms with E-state index in [-0.39, 0.29) is 0 Å². The van der Waals surface area contributed by atoms with Gasteiger partial charge in [-0.3, -0.25) is 4.98 Å². The molecule has 268 valence electrons. The molecule has 0 N–H and O–H groups in total. The van der Waals surface area contributed by atoms with E-state index in [1.54, 1.807) is 6.20 Å². The smallest absolute Gasteiger partial charge is 0.160 e. The fourth-order valence-corrected chi connectivity index (χ4v) is 8.27. The SMILES string of the molecule is C1=C=Cc2c(c3ccccc3c3cc(-c4cccc(-c5nc(-c6ccc(-c7cccnc7)cc6)cc(-c6cccc(-c7ccc8ccccc8c7)c6)n5)c4)ccc23)C=1. The maximum absolute atomic E-state index is 5.28. The van der Waals surface area contributed by atoms with Crippen molar-refractivity contribution in [1.29, 1.82) is 0 Å². The number of fused-ring (bicyclic) bond motifs is 7. The highest BCUT2D eigenvalue weighted by Crippen LogP contribution is 2.39. The normalized spacial score (nSPS) is 11.7. The summed E-state index contributed by atoms with van der Waals surface area (Å²) >= 11 is 0. The van der Waals surface area contributed by atoms with Crippen LogP contribution in [0.5, 0.6) is 0 Å². The average molecular weight is 736 g/mol. The fraction of sp³-hybridized carbons (Fsp3) is 0. The quantitative estimate of drug-likeness (QED) is 0.126. The van der Waals surface area contributed by atoms with E-state index in [4.69, 9.17) is 9.97 Å². The molecule has 2 aromatic heterocycles. The van der Waals surface area contributed by atoms with Crippen LogP contribution in [0.3, 0.4) is 0 Å². The lowest BCUT2D eigenvalue weighted by Crippen LogP contribution is -1.96. The minimum Gasteiger partial charge on any atom is -0.264 e. The Morgan fingerprint density at radius 2 is 0.897 bits per heavy atom. The topological polar surface area (TPSA) is 38.7 Å². The van der Waals surface area contributed by atoms with Gasteiger partial charge in [-0.1, -0.05) is 151 Å². The molecule has 0 amide bonds. The third kappa shape index (κ3) is 6.01. The van der Waals surface area contributed by atoms with E-state index >= 15 is 0 Å². The van der Waals surface area contributed by atoms with E-state index in [0.29, 0.717) is 5.82 Å². The molecule has 11 rings (SSSR count).